The van der Waals surface area contributed by atoms with Crippen molar-refractivity contribution in [2.24, 2.45) is 5.41 Å². The first kappa shape index (κ1) is 14.9. The van der Waals surface area contributed by atoms with Crippen LogP contribution in [0.5, 0.6) is 0 Å². The molecule has 0 aromatic carbocycles. The van der Waals surface area contributed by atoms with Crippen molar-refractivity contribution in [2.45, 2.75) is 13.3 Å². The lowest BCUT2D eigenvalue weighted by atomic mass is 9.88. The lowest BCUT2D eigenvalue weighted by Gasteiger charge is -2.29. The molecule has 0 aliphatic carbocycles. The number of hydrogen-bond acceptors (Lipinski definition) is 5. The van der Waals surface area contributed by atoms with Gasteiger partial charge in [0, 0.05) is 38.3 Å². The van der Waals surface area contributed by atoms with Crippen molar-refractivity contribution < 1.29 is 14.3 Å². The molecule has 0 radical (unpaired) electrons. The highest BCUT2D eigenvalue weighted by Crippen LogP contribution is 2.33. The van der Waals surface area contributed by atoms with Crippen molar-refractivity contribution >= 4 is 11.8 Å². The predicted molar refractivity (Wildman–Crippen MR) is 78.2 cm³/mol. The minimum absolute atomic E-state index is 0.00828. The van der Waals surface area contributed by atoms with Gasteiger partial charge in [-0.3, -0.25) is 14.6 Å². The average Bonchev–Trinajstić information content (AvgIpc) is 2.85. The molecule has 2 aliphatic rings. The van der Waals surface area contributed by atoms with E-state index < -0.39 is 0 Å². The van der Waals surface area contributed by atoms with Crippen LogP contribution in [0.1, 0.15) is 22.6 Å². The third kappa shape index (κ3) is 2.81. The van der Waals surface area contributed by atoms with Gasteiger partial charge in [-0.05, 0) is 13.3 Å². The fourth-order valence-electron chi connectivity index (χ4n) is 3.12. The third-order valence-corrected chi connectivity index (χ3v) is 4.36. The molecule has 0 bridgehead atoms. The van der Waals surface area contributed by atoms with Crippen molar-refractivity contribution in [2.75, 3.05) is 39.9 Å². The van der Waals surface area contributed by atoms with Crippen LogP contribution in [0.2, 0.25) is 0 Å². The van der Waals surface area contributed by atoms with Crippen LogP contribution in [-0.4, -0.2) is 71.5 Å². The molecule has 1 aromatic heterocycles. The molecule has 1 spiro atoms. The molecule has 2 fully saturated rings. The highest BCUT2D eigenvalue weighted by Gasteiger charge is 2.43. The molecule has 22 heavy (non-hydrogen) atoms. The van der Waals surface area contributed by atoms with Crippen LogP contribution in [0.25, 0.3) is 0 Å². The fraction of sp³-hybridized carbons (Fsp3) is 0.600. The van der Waals surface area contributed by atoms with E-state index in [9.17, 15) is 9.59 Å². The standard InChI is InChI=1S/C15H20N4O3/c1-11-5-17-12(6-16-11)14(21)19-4-3-15(9-19)8-18(2)13(20)7-22-10-15/h5-6H,3-4,7-10H2,1-2H3. The molecule has 7 heteroatoms. The van der Waals surface area contributed by atoms with Crippen molar-refractivity contribution in [3.8, 4) is 0 Å². The zero-order chi connectivity index (χ0) is 15.7. The highest BCUT2D eigenvalue weighted by molar-refractivity contribution is 5.92. The SMILES string of the molecule is Cc1cnc(C(=O)N2CCC3(COCC(=O)N(C)C3)C2)cn1. The summed E-state index contributed by atoms with van der Waals surface area (Å²) in [5, 5.41) is 0. The Morgan fingerprint density at radius 1 is 1.32 bits per heavy atom. The number of hydrogen-bond donors (Lipinski definition) is 0. The Kier molecular flexibility index (Phi) is 3.82. The van der Waals surface area contributed by atoms with Gasteiger partial charge in [-0.2, -0.15) is 0 Å². The summed E-state index contributed by atoms with van der Waals surface area (Å²) >= 11 is 0. The van der Waals surface area contributed by atoms with Crippen LogP contribution in [0.3, 0.4) is 0 Å². The molecular weight excluding hydrogens is 284 g/mol. The van der Waals surface area contributed by atoms with Gasteiger partial charge in [0.25, 0.3) is 5.91 Å². The second-order valence-corrected chi connectivity index (χ2v) is 6.26. The monoisotopic (exact) mass is 304 g/mol. The number of ether oxygens (including phenoxy) is 1. The van der Waals surface area contributed by atoms with E-state index in [1.165, 1.54) is 6.20 Å². The van der Waals surface area contributed by atoms with Crippen LogP contribution in [0.4, 0.5) is 0 Å². The van der Waals surface area contributed by atoms with E-state index in [4.69, 9.17) is 4.74 Å². The van der Waals surface area contributed by atoms with E-state index >= 15 is 0 Å². The van der Waals surface area contributed by atoms with Gasteiger partial charge in [-0.15, -0.1) is 0 Å². The van der Waals surface area contributed by atoms with E-state index in [-0.39, 0.29) is 23.8 Å². The molecular formula is C15H20N4O3. The van der Waals surface area contributed by atoms with Crippen LogP contribution >= 0.6 is 0 Å². The van der Waals surface area contributed by atoms with E-state index in [0.29, 0.717) is 31.9 Å². The zero-order valence-corrected chi connectivity index (χ0v) is 12.9. The van der Waals surface area contributed by atoms with Gasteiger partial charge in [0.05, 0.1) is 18.5 Å². The van der Waals surface area contributed by atoms with Crippen LogP contribution in [-0.2, 0) is 9.53 Å². The van der Waals surface area contributed by atoms with Crippen LogP contribution < -0.4 is 0 Å². The predicted octanol–water partition coefficient (Wildman–Crippen LogP) is 0.106. The van der Waals surface area contributed by atoms with Gasteiger partial charge >= 0.3 is 0 Å². The minimum atomic E-state index is -0.172. The number of aryl methyl sites for hydroxylation is 1. The van der Waals surface area contributed by atoms with Gasteiger partial charge in [0.2, 0.25) is 5.91 Å². The Labute approximate surface area is 129 Å². The van der Waals surface area contributed by atoms with Gasteiger partial charge in [0.15, 0.2) is 0 Å². The molecule has 2 aliphatic heterocycles. The third-order valence-electron chi connectivity index (χ3n) is 4.36. The maximum absolute atomic E-state index is 12.5. The molecule has 2 saturated heterocycles. The maximum atomic E-state index is 12.5. The summed E-state index contributed by atoms with van der Waals surface area (Å²) in [4.78, 5) is 36.0. The lowest BCUT2D eigenvalue weighted by Crippen LogP contribution is -2.41. The molecule has 7 nitrogen and oxygen atoms in total. The smallest absolute Gasteiger partial charge is 0.274 e. The summed E-state index contributed by atoms with van der Waals surface area (Å²) < 4.78 is 5.51. The second-order valence-electron chi connectivity index (χ2n) is 6.26. The Balaban J connectivity index is 1.72. The average molecular weight is 304 g/mol. The Bertz CT molecular complexity index is 589. The van der Waals surface area contributed by atoms with Crippen molar-refractivity contribution in [3.05, 3.63) is 23.8 Å². The summed E-state index contributed by atoms with van der Waals surface area (Å²) in [7, 11) is 1.79. The van der Waals surface area contributed by atoms with Gasteiger partial charge in [-0.1, -0.05) is 0 Å². The minimum Gasteiger partial charge on any atom is -0.371 e. The van der Waals surface area contributed by atoms with Gasteiger partial charge in [0.1, 0.15) is 12.3 Å². The summed E-state index contributed by atoms with van der Waals surface area (Å²) in [5.41, 5.74) is 0.975. The molecule has 118 valence electrons. The van der Waals surface area contributed by atoms with E-state index in [0.717, 1.165) is 12.1 Å². The molecule has 3 heterocycles. The first-order valence-corrected chi connectivity index (χ1v) is 7.39. The number of amides is 2. The highest BCUT2D eigenvalue weighted by atomic mass is 16.5. The number of nitrogens with zero attached hydrogens (tertiary/aromatic N) is 4. The van der Waals surface area contributed by atoms with Crippen molar-refractivity contribution in [1.29, 1.82) is 0 Å². The first-order chi connectivity index (χ1) is 10.5. The fourth-order valence-corrected chi connectivity index (χ4v) is 3.12. The number of aromatic nitrogens is 2. The maximum Gasteiger partial charge on any atom is 0.274 e. The lowest BCUT2D eigenvalue weighted by molar-refractivity contribution is -0.132. The molecule has 3 rings (SSSR count). The molecule has 1 aromatic rings. The summed E-state index contributed by atoms with van der Waals surface area (Å²) in [6, 6.07) is 0. The Morgan fingerprint density at radius 3 is 2.86 bits per heavy atom. The topological polar surface area (TPSA) is 75.6 Å². The zero-order valence-electron chi connectivity index (χ0n) is 12.9. The second kappa shape index (κ2) is 5.64. The first-order valence-electron chi connectivity index (χ1n) is 7.39. The van der Waals surface area contributed by atoms with Crippen molar-refractivity contribution in [3.63, 3.8) is 0 Å². The Morgan fingerprint density at radius 2 is 2.14 bits per heavy atom. The van der Waals surface area contributed by atoms with Crippen LogP contribution in [0.15, 0.2) is 12.4 Å². The van der Waals surface area contributed by atoms with E-state index in [1.54, 1.807) is 23.0 Å². The van der Waals surface area contributed by atoms with E-state index in [2.05, 4.69) is 9.97 Å². The number of rotatable bonds is 1. The summed E-state index contributed by atoms with van der Waals surface area (Å²) in [5.74, 6) is -0.117. The molecule has 0 N–H and O–H groups in total. The molecule has 2 amide bonds. The van der Waals surface area contributed by atoms with E-state index in [1.807, 2.05) is 6.92 Å². The normalized spacial score (nSPS) is 25.6. The number of carbonyl (C=O) groups is 2. The quantitative estimate of drug-likeness (QED) is 0.736. The molecule has 1 atom stereocenters. The van der Waals surface area contributed by atoms with Gasteiger partial charge < -0.3 is 14.5 Å². The van der Waals surface area contributed by atoms with Crippen LogP contribution in [0, 0.1) is 12.3 Å². The number of likely N-dealkylation sites (N-methyl/N-ethyl adjacent to an activating group) is 1. The van der Waals surface area contributed by atoms with Gasteiger partial charge in [-0.25, -0.2) is 4.98 Å². The molecule has 1 unspecified atom stereocenters. The Hall–Kier alpha value is -2.02. The van der Waals surface area contributed by atoms with Crippen molar-refractivity contribution in [1.82, 2.24) is 19.8 Å². The summed E-state index contributed by atoms with van der Waals surface area (Å²) in [6.07, 6.45) is 3.94. The molecule has 0 saturated carbocycles. The number of likely N-dealkylation sites (tertiary alicyclic amines) is 1. The number of carbonyl (C=O) groups excluding carboxylic acids is 2. The largest absolute Gasteiger partial charge is 0.371 e. The summed E-state index contributed by atoms with van der Waals surface area (Å²) in [6.45, 7) is 4.32.